The summed E-state index contributed by atoms with van der Waals surface area (Å²) in [5, 5.41) is -0.595. The van der Waals surface area contributed by atoms with E-state index in [0.717, 1.165) is 0 Å². The van der Waals surface area contributed by atoms with Crippen molar-refractivity contribution in [3.63, 3.8) is 0 Å². The third-order valence-corrected chi connectivity index (χ3v) is 5.79. The van der Waals surface area contributed by atoms with E-state index in [-0.39, 0.29) is 35.4 Å². The quantitative estimate of drug-likeness (QED) is 0.532. The van der Waals surface area contributed by atoms with E-state index in [1.54, 1.807) is 4.90 Å². The van der Waals surface area contributed by atoms with E-state index in [9.17, 15) is 22.8 Å². The molecule has 1 fully saturated rings. The molecule has 1 aromatic carbocycles. The van der Waals surface area contributed by atoms with Crippen molar-refractivity contribution in [1.82, 2.24) is 19.9 Å². The predicted octanol–water partition coefficient (Wildman–Crippen LogP) is 4.17. The summed E-state index contributed by atoms with van der Waals surface area (Å²) in [4.78, 5) is 36.9. The number of carbonyl (C=O) groups is 1. The normalized spacial score (nSPS) is 19.4. The van der Waals surface area contributed by atoms with E-state index < -0.39 is 45.7 Å². The van der Waals surface area contributed by atoms with E-state index in [1.165, 1.54) is 32.2 Å². The number of ether oxygens (including phenoxy) is 2. The summed E-state index contributed by atoms with van der Waals surface area (Å²) >= 11 is 0. The van der Waals surface area contributed by atoms with Crippen molar-refractivity contribution in [2.75, 3.05) is 13.1 Å². The minimum absolute atomic E-state index is 0.0527. The molecule has 0 saturated carbocycles. The summed E-state index contributed by atoms with van der Waals surface area (Å²) in [5.41, 5.74) is -3.20. The van der Waals surface area contributed by atoms with Crippen molar-refractivity contribution in [3.8, 4) is 5.88 Å². The van der Waals surface area contributed by atoms with Gasteiger partial charge in [0.25, 0.3) is 11.5 Å². The number of aromatic amines is 1. The lowest BCUT2D eigenvalue weighted by molar-refractivity contribution is -0.139. The summed E-state index contributed by atoms with van der Waals surface area (Å²) in [6.45, 7) is 7.14. The Labute approximate surface area is 203 Å². The van der Waals surface area contributed by atoms with Crippen molar-refractivity contribution in [1.29, 1.82) is 0 Å². The van der Waals surface area contributed by atoms with Crippen LogP contribution >= 0.6 is 0 Å². The Morgan fingerprint density at radius 2 is 1.92 bits per heavy atom. The number of alkyl halides is 3. The van der Waals surface area contributed by atoms with Crippen LogP contribution in [-0.2, 0) is 10.9 Å². The molecule has 3 aromatic rings. The molecular weight excluding hydrogens is 484 g/mol. The molecule has 36 heavy (non-hydrogen) atoms. The van der Waals surface area contributed by atoms with Gasteiger partial charge in [-0.15, -0.1) is 0 Å². The molecule has 1 aliphatic heterocycles. The van der Waals surface area contributed by atoms with Gasteiger partial charge in [0.2, 0.25) is 5.88 Å². The summed E-state index contributed by atoms with van der Waals surface area (Å²) in [5.74, 6) is -1.71. The first-order chi connectivity index (χ1) is 16.8. The number of hydrogen-bond donors (Lipinski definition) is 1. The zero-order chi connectivity index (χ0) is 26.4. The lowest BCUT2D eigenvalue weighted by Gasteiger charge is -2.35. The number of fused-ring (bicyclic) bond motifs is 1. The molecule has 0 aliphatic carbocycles. The maximum absolute atomic E-state index is 15.3. The summed E-state index contributed by atoms with van der Waals surface area (Å²) in [6.07, 6.45) is -5.41. The van der Waals surface area contributed by atoms with Crippen LogP contribution in [0.5, 0.6) is 5.88 Å². The Morgan fingerprint density at radius 1 is 1.25 bits per heavy atom. The third-order valence-electron chi connectivity index (χ3n) is 5.79. The molecule has 1 unspecified atom stereocenters. The summed E-state index contributed by atoms with van der Waals surface area (Å²) < 4.78 is 67.9. The molecule has 1 N–H and O–H groups in total. The maximum Gasteiger partial charge on any atom is 0.416 e. The van der Waals surface area contributed by atoms with Crippen LogP contribution in [0, 0.1) is 12.7 Å². The fraction of sp³-hybridized carbons (Fsp3) is 0.417. The van der Waals surface area contributed by atoms with Crippen molar-refractivity contribution in [2.24, 2.45) is 0 Å². The van der Waals surface area contributed by atoms with Gasteiger partial charge in [0, 0.05) is 30.9 Å². The molecule has 1 amide bonds. The first-order valence-electron chi connectivity index (χ1n) is 11.2. The molecule has 192 valence electrons. The van der Waals surface area contributed by atoms with Gasteiger partial charge in [-0.3, -0.25) is 9.59 Å². The zero-order valence-electron chi connectivity index (χ0n) is 19.9. The lowest BCUT2D eigenvalue weighted by Crippen LogP contribution is -2.48. The maximum atomic E-state index is 15.3. The van der Waals surface area contributed by atoms with Crippen molar-refractivity contribution >= 4 is 16.8 Å². The van der Waals surface area contributed by atoms with Gasteiger partial charge in [-0.25, -0.2) is 14.4 Å². The van der Waals surface area contributed by atoms with Crippen LogP contribution in [0.1, 0.15) is 54.2 Å². The van der Waals surface area contributed by atoms with Crippen LogP contribution in [0.3, 0.4) is 0 Å². The summed E-state index contributed by atoms with van der Waals surface area (Å²) in [6, 6.07) is 3.39. The second-order valence-corrected chi connectivity index (χ2v) is 8.81. The fourth-order valence-electron chi connectivity index (χ4n) is 4.37. The smallest absolute Gasteiger partial charge is 0.416 e. The number of H-pyrrole nitrogens is 1. The number of amides is 1. The zero-order valence-corrected chi connectivity index (χ0v) is 19.9. The number of nitrogens with zero attached hydrogens (tertiary/aromatic N) is 3. The van der Waals surface area contributed by atoms with Gasteiger partial charge >= 0.3 is 6.18 Å². The van der Waals surface area contributed by atoms with E-state index in [0.29, 0.717) is 19.2 Å². The van der Waals surface area contributed by atoms with Gasteiger partial charge in [-0.05, 0) is 39.8 Å². The van der Waals surface area contributed by atoms with Crippen LogP contribution in [-0.4, -0.2) is 51.1 Å². The number of pyridine rings is 1. The molecule has 0 spiro atoms. The number of carbonyl (C=O) groups excluding carboxylic acids is 1. The Bertz CT molecular complexity index is 1350. The standard InChI is InChI=1S/C24H24F4N4O4/c1-11-9-32(10-12(2)35-11)23(34)15-5-6-18(29-8-15)36-13(3)19-16(24(26,27)28)7-17-20(21(19)25)22(33)31-14(4)30-17/h5-8,11-13H,9-10H2,1-4H3,(H,30,31,33)/t11-,12+,13?. The molecule has 0 bridgehead atoms. The Balaban J connectivity index is 1.63. The molecule has 3 atom stereocenters. The van der Waals surface area contributed by atoms with Gasteiger partial charge in [0.15, 0.2) is 0 Å². The highest BCUT2D eigenvalue weighted by atomic mass is 19.4. The van der Waals surface area contributed by atoms with Crippen LogP contribution in [0.25, 0.3) is 10.9 Å². The summed E-state index contributed by atoms with van der Waals surface area (Å²) in [7, 11) is 0. The third kappa shape index (κ3) is 5.03. The molecular formula is C24H24F4N4O4. The highest BCUT2D eigenvalue weighted by Gasteiger charge is 2.38. The second kappa shape index (κ2) is 9.49. The van der Waals surface area contributed by atoms with Crippen LogP contribution in [0.15, 0.2) is 29.2 Å². The van der Waals surface area contributed by atoms with E-state index >= 15 is 4.39 Å². The van der Waals surface area contributed by atoms with Crippen LogP contribution in [0.2, 0.25) is 0 Å². The number of halogens is 4. The molecule has 3 heterocycles. The number of aromatic nitrogens is 3. The number of aryl methyl sites for hydroxylation is 1. The predicted molar refractivity (Wildman–Crippen MR) is 121 cm³/mol. The van der Waals surface area contributed by atoms with Crippen molar-refractivity contribution < 1.29 is 31.8 Å². The minimum Gasteiger partial charge on any atom is -0.470 e. The van der Waals surface area contributed by atoms with Gasteiger partial charge < -0.3 is 19.4 Å². The molecule has 12 heteroatoms. The monoisotopic (exact) mass is 508 g/mol. The van der Waals surface area contributed by atoms with Crippen LogP contribution < -0.4 is 10.3 Å². The fourth-order valence-corrected chi connectivity index (χ4v) is 4.37. The average molecular weight is 508 g/mol. The highest BCUT2D eigenvalue weighted by Crippen LogP contribution is 2.39. The van der Waals surface area contributed by atoms with Gasteiger partial charge in [-0.2, -0.15) is 13.2 Å². The Morgan fingerprint density at radius 3 is 2.50 bits per heavy atom. The number of rotatable bonds is 4. The topological polar surface area (TPSA) is 97.4 Å². The molecule has 0 radical (unpaired) electrons. The van der Waals surface area contributed by atoms with E-state index in [4.69, 9.17) is 9.47 Å². The molecule has 1 saturated heterocycles. The number of nitrogens with one attached hydrogen (secondary N) is 1. The van der Waals surface area contributed by atoms with Gasteiger partial charge in [0.05, 0.1) is 28.9 Å². The van der Waals surface area contributed by atoms with Gasteiger partial charge in [0.1, 0.15) is 23.1 Å². The van der Waals surface area contributed by atoms with Crippen molar-refractivity contribution in [2.45, 2.75) is 52.2 Å². The molecule has 4 rings (SSSR count). The van der Waals surface area contributed by atoms with E-state index in [2.05, 4.69) is 15.0 Å². The molecule has 1 aliphatic rings. The number of morpholine rings is 1. The van der Waals surface area contributed by atoms with Crippen molar-refractivity contribution in [3.05, 3.63) is 63.1 Å². The Kier molecular flexibility index (Phi) is 6.74. The highest BCUT2D eigenvalue weighted by molar-refractivity contribution is 5.94. The lowest BCUT2D eigenvalue weighted by atomic mass is 9.98. The second-order valence-electron chi connectivity index (χ2n) is 8.81. The molecule has 2 aromatic heterocycles. The average Bonchev–Trinajstić information content (AvgIpc) is 2.77. The van der Waals surface area contributed by atoms with Crippen LogP contribution in [0.4, 0.5) is 17.6 Å². The largest absolute Gasteiger partial charge is 0.470 e. The number of hydrogen-bond acceptors (Lipinski definition) is 6. The minimum atomic E-state index is -4.93. The van der Waals surface area contributed by atoms with E-state index in [1.807, 2.05) is 13.8 Å². The van der Waals surface area contributed by atoms with Gasteiger partial charge in [-0.1, -0.05) is 0 Å². The first-order valence-corrected chi connectivity index (χ1v) is 11.2. The Hall–Kier alpha value is -3.54. The molecule has 8 nitrogen and oxygen atoms in total. The number of benzene rings is 1. The first kappa shape index (κ1) is 25.5. The SMILES string of the molecule is Cc1nc2cc(C(F)(F)F)c(C(C)Oc3ccc(C(=O)N4C[C@@H](C)O[C@@H](C)C4)cn3)c(F)c2c(=O)[nH]1.